The fraction of sp³-hybridized carbons (Fsp3) is 0.349. The predicted molar refractivity (Wildman–Crippen MR) is 207 cm³/mol. The van der Waals surface area contributed by atoms with Gasteiger partial charge in [0.1, 0.15) is 19.0 Å². The van der Waals surface area contributed by atoms with Gasteiger partial charge in [0.25, 0.3) is 0 Å². The number of anilines is 3. The first kappa shape index (κ1) is 34.4. The highest BCUT2D eigenvalue weighted by atomic mass is 16.5. The normalized spacial score (nSPS) is 19.8. The zero-order valence-electron chi connectivity index (χ0n) is 30.2. The van der Waals surface area contributed by atoms with Crippen molar-refractivity contribution < 1.29 is 14.3 Å². The third-order valence-electron chi connectivity index (χ3n) is 10.9. The summed E-state index contributed by atoms with van der Waals surface area (Å²) < 4.78 is 12.2. The molecule has 53 heavy (non-hydrogen) atoms. The molecule has 4 heterocycles. The summed E-state index contributed by atoms with van der Waals surface area (Å²) in [7, 11) is 0. The zero-order valence-corrected chi connectivity index (χ0v) is 30.2. The van der Waals surface area contributed by atoms with Crippen LogP contribution in [0.2, 0.25) is 0 Å². The average Bonchev–Trinajstić information content (AvgIpc) is 3.65. The Bertz CT molecular complexity index is 2120. The van der Waals surface area contributed by atoms with Gasteiger partial charge in [0, 0.05) is 48.4 Å². The maximum atomic E-state index is 13.4. The van der Waals surface area contributed by atoms with E-state index in [0.717, 1.165) is 60.7 Å². The molecule has 2 saturated heterocycles. The summed E-state index contributed by atoms with van der Waals surface area (Å²) in [4.78, 5) is 30.5. The topological polar surface area (TPSA) is 107 Å². The van der Waals surface area contributed by atoms with Crippen LogP contribution in [0.25, 0.3) is 10.8 Å². The fourth-order valence-electron chi connectivity index (χ4n) is 8.05. The van der Waals surface area contributed by atoms with Crippen LogP contribution in [0.1, 0.15) is 53.4 Å². The molecule has 0 spiro atoms. The fourth-order valence-corrected chi connectivity index (χ4v) is 8.05. The molecule has 0 aliphatic carbocycles. The molecule has 2 atom stereocenters. The molecule has 270 valence electrons. The van der Waals surface area contributed by atoms with Crippen molar-refractivity contribution in [1.29, 1.82) is 5.26 Å². The average molecular weight is 708 g/mol. The number of aromatic nitrogens is 2. The first-order valence-electron chi connectivity index (χ1n) is 18.7. The van der Waals surface area contributed by atoms with Crippen LogP contribution in [0.3, 0.4) is 0 Å². The number of para-hydroxylation sites is 1. The number of nitrogens with zero attached hydrogens (tertiary/aromatic N) is 6. The van der Waals surface area contributed by atoms with E-state index in [1.54, 1.807) is 0 Å². The first-order chi connectivity index (χ1) is 26.0. The quantitative estimate of drug-likeness (QED) is 0.158. The molecule has 0 saturated carbocycles. The van der Waals surface area contributed by atoms with E-state index in [4.69, 9.17) is 19.4 Å². The van der Waals surface area contributed by atoms with E-state index in [0.29, 0.717) is 50.8 Å². The molecule has 1 N–H and O–H groups in total. The van der Waals surface area contributed by atoms with Crippen LogP contribution in [0.5, 0.6) is 6.01 Å². The molecule has 2 fully saturated rings. The van der Waals surface area contributed by atoms with Crippen LogP contribution in [0.4, 0.5) is 17.2 Å². The lowest BCUT2D eigenvalue weighted by molar-refractivity contribution is 0.0473. The van der Waals surface area contributed by atoms with Crippen molar-refractivity contribution >= 4 is 33.9 Å². The lowest BCUT2D eigenvalue weighted by Crippen LogP contribution is -2.54. The molecule has 10 heteroatoms. The standard InChI is InChI=1S/C43H45N7O3/c1-43(21-10-23-45-43)30-53-42-46-37-28-48(38-18-9-14-32-13-5-6-15-34(32)38)24-20-35(37)40(47-42)49-25-26-50(33(27-49)19-22-44)39-17-8-7-16-36(39)41(51)52-29-31-11-3-2-4-12-31/h2-9,11-18,33,45H,10,19-21,23-30H2,1H3. The van der Waals surface area contributed by atoms with Crippen molar-refractivity contribution in [2.45, 2.75) is 57.3 Å². The van der Waals surface area contributed by atoms with Crippen LogP contribution in [0, 0.1) is 11.3 Å². The van der Waals surface area contributed by atoms with E-state index >= 15 is 0 Å². The van der Waals surface area contributed by atoms with Gasteiger partial charge < -0.3 is 29.5 Å². The number of nitrogens with one attached hydrogen (secondary N) is 1. The maximum Gasteiger partial charge on any atom is 0.340 e. The highest BCUT2D eigenvalue weighted by Crippen LogP contribution is 2.36. The smallest absolute Gasteiger partial charge is 0.340 e. The molecular weight excluding hydrogens is 663 g/mol. The van der Waals surface area contributed by atoms with Gasteiger partial charge in [-0.1, -0.05) is 78.9 Å². The summed E-state index contributed by atoms with van der Waals surface area (Å²) in [6.45, 7) is 7.16. The van der Waals surface area contributed by atoms with Crippen molar-refractivity contribution in [3.8, 4) is 12.1 Å². The second-order valence-corrected chi connectivity index (χ2v) is 14.5. The Balaban J connectivity index is 1.08. The number of hydrogen-bond acceptors (Lipinski definition) is 10. The molecule has 0 radical (unpaired) electrons. The van der Waals surface area contributed by atoms with E-state index in [2.05, 4.69) is 75.5 Å². The molecule has 3 aliphatic rings. The molecule has 4 aromatic carbocycles. The predicted octanol–water partition coefficient (Wildman–Crippen LogP) is 6.68. The minimum Gasteiger partial charge on any atom is -0.461 e. The van der Waals surface area contributed by atoms with E-state index in [9.17, 15) is 10.1 Å². The number of rotatable bonds is 10. The summed E-state index contributed by atoms with van der Waals surface area (Å²) in [5, 5.41) is 16.1. The minimum atomic E-state index is -0.379. The number of carbonyl (C=O) groups excluding carboxylic acids is 1. The van der Waals surface area contributed by atoms with Crippen molar-refractivity contribution in [1.82, 2.24) is 15.3 Å². The third-order valence-corrected chi connectivity index (χ3v) is 10.9. The van der Waals surface area contributed by atoms with Gasteiger partial charge in [0.2, 0.25) is 0 Å². The number of hydrogen-bond donors (Lipinski definition) is 1. The first-order valence-corrected chi connectivity index (χ1v) is 18.7. The number of piperazine rings is 1. The van der Waals surface area contributed by atoms with E-state index in [1.807, 2.05) is 54.6 Å². The molecule has 2 unspecified atom stereocenters. The van der Waals surface area contributed by atoms with E-state index in [-0.39, 0.29) is 24.2 Å². The summed E-state index contributed by atoms with van der Waals surface area (Å²) >= 11 is 0. The Morgan fingerprint density at radius 3 is 2.57 bits per heavy atom. The Kier molecular flexibility index (Phi) is 9.83. The number of benzene rings is 4. The lowest BCUT2D eigenvalue weighted by atomic mass is 10.0. The monoisotopic (exact) mass is 707 g/mol. The SMILES string of the molecule is CC1(COc2nc3c(c(N4CCN(c5ccccc5C(=O)OCc5ccccc5)C(CC#N)C4)n2)CCN(c2cccc4ccccc24)C3)CCCN1. The third kappa shape index (κ3) is 7.35. The van der Waals surface area contributed by atoms with E-state index in [1.165, 1.54) is 16.5 Å². The second kappa shape index (κ2) is 15.1. The number of fused-ring (bicyclic) bond motifs is 2. The minimum absolute atomic E-state index is 0.117. The highest BCUT2D eigenvalue weighted by Gasteiger charge is 2.35. The number of ether oxygens (including phenoxy) is 2. The second-order valence-electron chi connectivity index (χ2n) is 14.5. The zero-order chi connectivity index (χ0) is 36.2. The summed E-state index contributed by atoms with van der Waals surface area (Å²) in [5.41, 5.74) is 5.39. The van der Waals surface area contributed by atoms with Gasteiger partial charge in [-0.2, -0.15) is 15.2 Å². The molecule has 0 bridgehead atoms. The molecule has 8 rings (SSSR count). The maximum absolute atomic E-state index is 13.4. The Morgan fingerprint density at radius 2 is 1.72 bits per heavy atom. The van der Waals surface area contributed by atoms with Gasteiger partial charge in [0.15, 0.2) is 0 Å². The Morgan fingerprint density at radius 1 is 0.925 bits per heavy atom. The highest BCUT2D eigenvalue weighted by molar-refractivity contribution is 5.96. The van der Waals surface area contributed by atoms with Gasteiger partial charge >= 0.3 is 12.0 Å². The van der Waals surface area contributed by atoms with Crippen LogP contribution in [-0.2, 0) is 24.3 Å². The molecule has 10 nitrogen and oxygen atoms in total. The van der Waals surface area contributed by atoms with Gasteiger partial charge in [-0.05, 0) is 61.9 Å². The van der Waals surface area contributed by atoms with Crippen LogP contribution >= 0.6 is 0 Å². The molecule has 3 aliphatic heterocycles. The summed E-state index contributed by atoms with van der Waals surface area (Å²) in [6, 6.07) is 34.9. The summed E-state index contributed by atoms with van der Waals surface area (Å²) in [6.07, 6.45) is 3.24. The number of esters is 1. The largest absolute Gasteiger partial charge is 0.461 e. The Labute approximate surface area is 311 Å². The van der Waals surface area contributed by atoms with Gasteiger partial charge in [-0.3, -0.25) is 0 Å². The van der Waals surface area contributed by atoms with Gasteiger partial charge in [-0.15, -0.1) is 0 Å². The number of carbonyl (C=O) groups is 1. The van der Waals surface area contributed by atoms with Gasteiger partial charge in [-0.25, -0.2) is 4.79 Å². The van der Waals surface area contributed by atoms with Crippen LogP contribution in [0.15, 0.2) is 97.1 Å². The molecule has 0 amide bonds. The van der Waals surface area contributed by atoms with Crippen molar-refractivity contribution in [2.75, 3.05) is 54.0 Å². The lowest BCUT2D eigenvalue weighted by Gasteiger charge is -2.44. The molecule has 5 aromatic rings. The van der Waals surface area contributed by atoms with Crippen LogP contribution < -0.4 is 24.8 Å². The van der Waals surface area contributed by atoms with Crippen molar-refractivity contribution in [3.63, 3.8) is 0 Å². The van der Waals surface area contributed by atoms with Crippen molar-refractivity contribution in [2.24, 2.45) is 0 Å². The van der Waals surface area contributed by atoms with E-state index < -0.39 is 0 Å². The molecule has 1 aromatic heterocycles. The number of nitriles is 1. The summed E-state index contributed by atoms with van der Waals surface area (Å²) in [5.74, 6) is 0.501. The van der Waals surface area contributed by atoms with Crippen molar-refractivity contribution in [3.05, 3.63) is 119 Å². The Hall–Kier alpha value is -5.66. The van der Waals surface area contributed by atoms with Gasteiger partial charge in [0.05, 0.1) is 42.0 Å². The molecular formula is C43H45N7O3. The van der Waals surface area contributed by atoms with Crippen LogP contribution in [-0.4, -0.2) is 66.8 Å².